The molecule has 0 aliphatic carbocycles. The van der Waals surface area contributed by atoms with Crippen LogP contribution in [0.3, 0.4) is 0 Å². The van der Waals surface area contributed by atoms with Crippen molar-refractivity contribution in [3.63, 3.8) is 0 Å². The number of rotatable bonds is 7. The molecule has 21 heavy (non-hydrogen) atoms. The molecule has 0 spiro atoms. The van der Waals surface area contributed by atoms with E-state index in [1.165, 1.54) is 18.2 Å². The fourth-order valence-corrected chi connectivity index (χ4v) is 2.01. The number of aliphatic hydroxyl groups excluding tert-OH is 1. The second-order valence-electron chi connectivity index (χ2n) is 4.84. The summed E-state index contributed by atoms with van der Waals surface area (Å²) in [5, 5.41) is 13.8. The minimum absolute atomic E-state index is 0.0516. The molecule has 1 aromatic rings. The van der Waals surface area contributed by atoms with Gasteiger partial charge in [0.15, 0.2) is 0 Å². The zero-order chi connectivity index (χ0) is 15.7. The Kier molecular flexibility index (Phi) is 7.39. The van der Waals surface area contributed by atoms with E-state index in [2.05, 4.69) is 10.6 Å². The molecule has 1 unspecified atom stereocenters. The van der Waals surface area contributed by atoms with E-state index in [1.54, 1.807) is 0 Å². The smallest absolute Gasteiger partial charge is 0.313 e. The van der Waals surface area contributed by atoms with Gasteiger partial charge in [0, 0.05) is 18.8 Å². The van der Waals surface area contributed by atoms with E-state index in [4.69, 9.17) is 5.11 Å². The van der Waals surface area contributed by atoms with Gasteiger partial charge < -0.3 is 15.7 Å². The Balaban J connectivity index is 2.45. The topological polar surface area (TPSA) is 78.4 Å². The molecular weight excluding hydrogens is 275 g/mol. The maximum Gasteiger partial charge on any atom is 0.313 e. The van der Waals surface area contributed by atoms with Gasteiger partial charge in [0.1, 0.15) is 5.82 Å². The van der Waals surface area contributed by atoms with E-state index in [0.717, 1.165) is 18.9 Å². The van der Waals surface area contributed by atoms with Gasteiger partial charge in [-0.3, -0.25) is 9.59 Å². The van der Waals surface area contributed by atoms with Gasteiger partial charge in [-0.2, -0.15) is 0 Å². The molecule has 0 heterocycles. The number of amides is 2. The lowest BCUT2D eigenvalue weighted by molar-refractivity contribution is -0.136. The highest BCUT2D eigenvalue weighted by Crippen LogP contribution is 2.10. The molecule has 1 aromatic carbocycles. The molecule has 0 saturated heterocycles. The molecule has 3 N–H and O–H groups in total. The van der Waals surface area contributed by atoms with Crippen LogP contribution in [-0.2, 0) is 9.59 Å². The zero-order valence-corrected chi connectivity index (χ0v) is 12.1. The van der Waals surface area contributed by atoms with Gasteiger partial charge in [-0.05, 0) is 37.0 Å². The first-order valence-electron chi connectivity index (χ1n) is 7.02. The first kappa shape index (κ1) is 17.1. The van der Waals surface area contributed by atoms with Crippen LogP contribution < -0.4 is 10.6 Å². The largest absolute Gasteiger partial charge is 0.396 e. The standard InChI is InChI=1S/C15H21FN2O3/c1-2-4-11(7-8-19)10-17-14(20)15(21)18-13-6-3-5-12(16)9-13/h3,5-6,9,11,19H,2,4,7-8,10H2,1H3,(H,17,20)(H,18,21). The number of anilines is 1. The Morgan fingerprint density at radius 3 is 2.67 bits per heavy atom. The fraction of sp³-hybridized carbons (Fsp3) is 0.467. The number of aliphatic hydroxyl groups is 1. The van der Waals surface area contributed by atoms with Crippen molar-refractivity contribution in [1.29, 1.82) is 0 Å². The molecule has 0 radical (unpaired) electrons. The van der Waals surface area contributed by atoms with Gasteiger partial charge in [-0.1, -0.05) is 19.4 Å². The summed E-state index contributed by atoms with van der Waals surface area (Å²) in [5.74, 6) is -1.94. The van der Waals surface area contributed by atoms with Crippen LogP contribution in [0.4, 0.5) is 10.1 Å². The quantitative estimate of drug-likeness (QED) is 0.670. The van der Waals surface area contributed by atoms with Gasteiger partial charge in [-0.25, -0.2) is 4.39 Å². The van der Waals surface area contributed by atoms with E-state index in [1.807, 2.05) is 6.92 Å². The summed E-state index contributed by atoms with van der Waals surface area (Å²) in [4.78, 5) is 23.3. The van der Waals surface area contributed by atoms with Crippen molar-refractivity contribution in [1.82, 2.24) is 5.32 Å². The molecule has 0 aliphatic rings. The summed E-state index contributed by atoms with van der Waals surface area (Å²) in [6, 6.07) is 5.33. The SMILES string of the molecule is CCCC(CCO)CNC(=O)C(=O)Nc1cccc(F)c1. The molecule has 116 valence electrons. The lowest BCUT2D eigenvalue weighted by Gasteiger charge is -2.15. The van der Waals surface area contributed by atoms with Crippen LogP contribution in [0, 0.1) is 11.7 Å². The van der Waals surface area contributed by atoms with E-state index in [0.29, 0.717) is 13.0 Å². The van der Waals surface area contributed by atoms with Crippen LogP contribution in [-0.4, -0.2) is 30.1 Å². The van der Waals surface area contributed by atoms with Crippen molar-refractivity contribution in [2.24, 2.45) is 5.92 Å². The molecule has 0 fully saturated rings. The summed E-state index contributed by atoms with van der Waals surface area (Å²) in [7, 11) is 0. The highest BCUT2D eigenvalue weighted by Gasteiger charge is 2.16. The molecule has 2 amide bonds. The average Bonchev–Trinajstić information content (AvgIpc) is 2.45. The number of nitrogens with one attached hydrogen (secondary N) is 2. The summed E-state index contributed by atoms with van der Waals surface area (Å²) in [5.41, 5.74) is 0.232. The number of halogens is 1. The Morgan fingerprint density at radius 2 is 2.05 bits per heavy atom. The number of benzene rings is 1. The summed E-state index contributed by atoms with van der Waals surface area (Å²) in [6.07, 6.45) is 2.39. The van der Waals surface area contributed by atoms with Gasteiger partial charge >= 0.3 is 11.8 Å². The lowest BCUT2D eigenvalue weighted by atomic mass is 10.0. The lowest BCUT2D eigenvalue weighted by Crippen LogP contribution is -2.38. The van der Waals surface area contributed by atoms with Gasteiger partial charge in [0.25, 0.3) is 0 Å². The van der Waals surface area contributed by atoms with Crippen LogP contribution in [0.2, 0.25) is 0 Å². The summed E-state index contributed by atoms with van der Waals surface area (Å²) < 4.78 is 13.0. The molecule has 0 aromatic heterocycles. The Bertz CT molecular complexity index is 474. The fourth-order valence-electron chi connectivity index (χ4n) is 2.01. The first-order chi connectivity index (χ1) is 10.1. The Hall–Kier alpha value is -1.95. The highest BCUT2D eigenvalue weighted by molar-refractivity contribution is 6.39. The molecule has 6 heteroatoms. The summed E-state index contributed by atoms with van der Waals surface area (Å²) >= 11 is 0. The molecule has 5 nitrogen and oxygen atoms in total. The molecule has 1 atom stereocenters. The Morgan fingerprint density at radius 1 is 1.29 bits per heavy atom. The predicted octanol–water partition coefficient (Wildman–Crippen LogP) is 1.68. The van der Waals surface area contributed by atoms with E-state index >= 15 is 0 Å². The number of carbonyl (C=O) groups excluding carboxylic acids is 2. The van der Waals surface area contributed by atoms with Crippen molar-refractivity contribution >= 4 is 17.5 Å². The summed E-state index contributed by atoms with van der Waals surface area (Å²) in [6.45, 7) is 2.41. The molecular formula is C15H21FN2O3. The second-order valence-corrected chi connectivity index (χ2v) is 4.84. The number of hydrogen-bond acceptors (Lipinski definition) is 3. The third kappa shape index (κ3) is 6.35. The number of carbonyl (C=O) groups is 2. The van der Waals surface area contributed by atoms with Gasteiger partial charge in [-0.15, -0.1) is 0 Å². The van der Waals surface area contributed by atoms with Crippen LogP contribution >= 0.6 is 0 Å². The van der Waals surface area contributed by atoms with E-state index in [-0.39, 0.29) is 18.2 Å². The third-order valence-electron chi connectivity index (χ3n) is 3.07. The van der Waals surface area contributed by atoms with Crippen molar-refractivity contribution in [3.05, 3.63) is 30.1 Å². The van der Waals surface area contributed by atoms with Crippen molar-refractivity contribution in [2.75, 3.05) is 18.5 Å². The minimum atomic E-state index is -0.833. The normalized spacial score (nSPS) is 11.8. The predicted molar refractivity (Wildman–Crippen MR) is 78.1 cm³/mol. The third-order valence-corrected chi connectivity index (χ3v) is 3.07. The van der Waals surface area contributed by atoms with Crippen LogP contribution in [0.5, 0.6) is 0 Å². The molecule has 0 bridgehead atoms. The maximum atomic E-state index is 13.0. The first-order valence-corrected chi connectivity index (χ1v) is 7.02. The molecule has 0 aliphatic heterocycles. The van der Waals surface area contributed by atoms with Crippen molar-refractivity contribution in [3.8, 4) is 0 Å². The monoisotopic (exact) mass is 296 g/mol. The van der Waals surface area contributed by atoms with E-state index < -0.39 is 17.6 Å². The number of hydrogen-bond donors (Lipinski definition) is 3. The van der Waals surface area contributed by atoms with Crippen LogP contribution in [0.1, 0.15) is 26.2 Å². The van der Waals surface area contributed by atoms with Crippen LogP contribution in [0.15, 0.2) is 24.3 Å². The van der Waals surface area contributed by atoms with Crippen LogP contribution in [0.25, 0.3) is 0 Å². The van der Waals surface area contributed by atoms with Crippen molar-refractivity contribution < 1.29 is 19.1 Å². The van der Waals surface area contributed by atoms with Gasteiger partial charge in [0.05, 0.1) is 0 Å². The molecule has 1 rings (SSSR count). The van der Waals surface area contributed by atoms with Gasteiger partial charge in [0.2, 0.25) is 0 Å². The minimum Gasteiger partial charge on any atom is -0.396 e. The molecule has 0 saturated carbocycles. The second kappa shape index (κ2) is 9.07. The van der Waals surface area contributed by atoms with Crippen molar-refractivity contribution in [2.45, 2.75) is 26.2 Å². The maximum absolute atomic E-state index is 13.0. The zero-order valence-electron chi connectivity index (χ0n) is 12.1. The van der Waals surface area contributed by atoms with E-state index in [9.17, 15) is 14.0 Å². The Labute approximate surface area is 123 Å². The average molecular weight is 296 g/mol. The highest BCUT2D eigenvalue weighted by atomic mass is 19.1.